The molecule has 1 aromatic carbocycles. The Balaban J connectivity index is 1.18. The Kier molecular flexibility index (Phi) is 4.81. The molecule has 7 rings (SSSR count). The van der Waals surface area contributed by atoms with Gasteiger partial charge in [0.2, 0.25) is 5.91 Å². The molecule has 1 aliphatic carbocycles. The molecule has 2 aliphatic heterocycles. The van der Waals surface area contributed by atoms with E-state index in [4.69, 9.17) is 11.6 Å². The first-order valence-electron chi connectivity index (χ1n) is 11.5. The first-order chi connectivity index (χ1) is 16.5. The van der Waals surface area contributed by atoms with Crippen LogP contribution in [0.3, 0.4) is 0 Å². The fourth-order valence-electron chi connectivity index (χ4n) is 5.81. The zero-order valence-electron chi connectivity index (χ0n) is 18.5. The third kappa shape index (κ3) is 3.23. The van der Waals surface area contributed by atoms with Gasteiger partial charge in [0.1, 0.15) is 22.5 Å². The summed E-state index contributed by atoms with van der Waals surface area (Å²) < 4.78 is 4.97. The number of likely N-dealkylation sites (N-methyl/N-ethyl adjacent to an activating group) is 1. The molecule has 0 saturated carbocycles. The number of anilines is 2. The zero-order valence-corrected chi connectivity index (χ0v) is 20.9. The molecule has 0 radical (unpaired) electrons. The minimum absolute atomic E-state index is 0.0604. The number of fused-ring (bicyclic) bond motifs is 6. The zero-order chi connectivity index (χ0) is 23.0. The molecule has 3 aromatic heterocycles. The summed E-state index contributed by atoms with van der Waals surface area (Å²) in [7, 11) is 2.17. The van der Waals surface area contributed by atoms with E-state index in [0.29, 0.717) is 23.0 Å². The van der Waals surface area contributed by atoms with E-state index >= 15 is 0 Å². The number of nitrogens with one attached hydrogen (secondary N) is 1. The summed E-state index contributed by atoms with van der Waals surface area (Å²) in [5, 5.41) is 9.15. The Morgan fingerprint density at radius 2 is 2.15 bits per heavy atom. The smallest absolute Gasteiger partial charge is 0.226 e. The highest BCUT2D eigenvalue weighted by Gasteiger charge is 2.45. The van der Waals surface area contributed by atoms with E-state index in [1.54, 1.807) is 17.7 Å². The number of likely N-dealkylation sites (tertiary alicyclic amines) is 2. The Morgan fingerprint density at radius 1 is 1.24 bits per heavy atom. The Hall–Kier alpha value is -2.40. The van der Waals surface area contributed by atoms with Gasteiger partial charge in [-0.1, -0.05) is 16.1 Å². The van der Waals surface area contributed by atoms with E-state index in [1.807, 2.05) is 12.1 Å². The molecular weight excluding hydrogens is 490 g/mol. The van der Waals surface area contributed by atoms with Gasteiger partial charge < -0.3 is 10.2 Å². The van der Waals surface area contributed by atoms with Crippen molar-refractivity contribution in [3.8, 4) is 0 Å². The van der Waals surface area contributed by atoms with Crippen molar-refractivity contribution < 1.29 is 4.79 Å². The highest BCUT2D eigenvalue weighted by Crippen LogP contribution is 2.42. The average molecular weight is 512 g/mol. The van der Waals surface area contributed by atoms with Crippen LogP contribution in [0.25, 0.3) is 20.4 Å². The van der Waals surface area contributed by atoms with E-state index < -0.39 is 0 Å². The molecule has 34 heavy (non-hydrogen) atoms. The molecule has 3 aliphatic rings. The normalized spacial score (nSPS) is 24.3. The fourth-order valence-corrected chi connectivity index (χ4v) is 7.86. The standard InChI is InChI=1S/C23H22ClN7OS2/c1-30-8-13-5-12(30)9-31(13)23(32)11-2-3-14-18(4-11)33-22-20(14)21(25-10-26-22)27-16-7-19-17(6-15(16)24)28-29-34-19/h6-7,10-13H,2-5,8-9H2,1H3,(H,25,26,27)/t11-,12?,13?/m0/s1. The molecule has 174 valence electrons. The minimum atomic E-state index is 0.0604. The molecule has 1 amide bonds. The number of amides is 1. The monoisotopic (exact) mass is 511 g/mol. The van der Waals surface area contributed by atoms with Crippen LogP contribution in [0.1, 0.15) is 23.3 Å². The van der Waals surface area contributed by atoms with Gasteiger partial charge in [0.05, 0.1) is 20.8 Å². The van der Waals surface area contributed by atoms with Gasteiger partial charge in [-0.3, -0.25) is 9.69 Å². The van der Waals surface area contributed by atoms with Crippen LogP contribution in [0.4, 0.5) is 11.5 Å². The topological polar surface area (TPSA) is 87.1 Å². The number of carbonyl (C=O) groups excluding carboxylic acids is 1. The minimum Gasteiger partial charge on any atom is -0.338 e. The van der Waals surface area contributed by atoms with Crippen molar-refractivity contribution in [2.75, 3.05) is 25.5 Å². The van der Waals surface area contributed by atoms with Crippen LogP contribution in [0.15, 0.2) is 18.5 Å². The second kappa shape index (κ2) is 7.81. The molecule has 1 N–H and O–H groups in total. The lowest BCUT2D eigenvalue weighted by molar-refractivity contribution is -0.138. The number of piperazine rings is 1. The highest BCUT2D eigenvalue weighted by molar-refractivity contribution is 7.19. The molecular formula is C23H22ClN7OS2. The predicted octanol–water partition coefficient (Wildman–Crippen LogP) is 4.11. The van der Waals surface area contributed by atoms with Crippen molar-refractivity contribution >= 4 is 72.3 Å². The lowest BCUT2D eigenvalue weighted by atomic mass is 9.86. The van der Waals surface area contributed by atoms with Gasteiger partial charge in [-0.2, -0.15) is 0 Å². The Morgan fingerprint density at radius 3 is 2.97 bits per heavy atom. The molecule has 8 nitrogen and oxygen atoms in total. The van der Waals surface area contributed by atoms with Gasteiger partial charge in [-0.25, -0.2) is 9.97 Å². The molecule has 2 fully saturated rings. The molecule has 2 unspecified atom stereocenters. The van der Waals surface area contributed by atoms with E-state index in [2.05, 4.69) is 41.7 Å². The molecule has 2 bridgehead atoms. The average Bonchev–Trinajstić information content (AvgIpc) is 3.60. The van der Waals surface area contributed by atoms with Crippen LogP contribution in [-0.4, -0.2) is 67.5 Å². The number of thiophene rings is 1. The maximum atomic E-state index is 13.4. The maximum Gasteiger partial charge on any atom is 0.226 e. The lowest BCUT2D eigenvalue weighted by Gasteiger charge is -2.35. The number of rotatable bonds is 3. The summed E-state index contributed by atoms with van der Waals surface area (Å²) in [5.74, 6) is 1.16. The summed E-state index contributed by atoms with van der Waals surface area (Å²) >= 11 is 9.55. The number of aryl methyl sites for hydroxylation is 1. The van der Waals surface area contributed by atoms with Gasteiger partial charge in [0.25, 0.3) is 0 Å². The number of hydrogen-bond donors (Lipinski definition) is 1. The van der Waals surface area contributed by atoms with Crippen LogP contribution in [0, 0.1) is 5.92 Å². The Bertz CT molecular complexity index is 1450. The number of hydrogen-bond acceptors (Lipinski definition) is 9. The number of aromatic nitrogens is 4. The first kappa shape index (κ1) is 20.9. The molecule has 4 aromatic rings. The van der Waals surface area contributed by atoms with Crippen molar-refractivity contribution in [2.45, 2.75) is 37.8 Å². The highest BCUT2D eigenvalue weighted by atomic mass is 35.5. The second-order valence-electron chi connectivity index (χ2n) is 9.52. The summed E-state index contributed by atoms with van der Waals surface area (Å²) in [5.41, 5.74) is 2.83. The van der Waals surface area contributed by atoms with Crippen LogP contribution < -0.4 is 5.32 Å². The van der Waals surface area contributed by atoms with Crippen molar-refractivity contribution in [1.29, 1.82) is 0 Å². The van der Waals surface area contributed by atoms with Crippen LogP contribution in [0.5, 0.6) is 0 Å². The van der Waals surface area contributed by atoms with Gasteiger partial charge >= 0.3 is 0 Å². The Labute approximate surface area is 209 Å². The first-order valence-corrected chi connectivity index (χ1v) is 13.5. The summed E-state index contributed by atoms with van der Waals surface area (Å²) in [6.07, 6.45) is 5.24. The fraction of sp³-hybridized carbons (Fsp3) is 0.435. The third-order valence-electron chi connectivity index (χ3n) is 7.58. The van der Waals surface area contributed by atoms with E-state index in [-0.39, 0.29) is 5.92 Å². The number of nitrogens with zero attached hydrogens (tertiary/aromatic N) is 6. The van der Waals surface area contributed by atoms with Gasteiger partial charge in [-0.15, -0.1) is 16.4 Å². The number of carbonyl (C=O) groups is 1. The summed E-state index contributed by atoms with van der Waals surface area (Å²) in [4.78, 5) is 29.3. The number of benzene rings is 1. The largest absolute Gasteiger partial charge is 0.338 e. The molecule has 5 heterocycles. The third-order valence-corrected chi connectivity index (χ3v) is 9.74. The molecule has 3 atom stereocenters. The quantitative estimate of drug-likeness (QED) is 0.443. The van der Waals surface area contributed by atoms with E-state index in [9.17, 15) is 4.79 Å². The summed E-state index contributed by atoms with van der Waals surface area (Å²) in [6.45, 7) is 1.89. The lowest BCUT2D eigenvalue weighted by Crippen LogP contribution is -2.49. The van der Waals surface area contributed by atoms with Crippen molar-refractivity contribution in [3.05, 3.63) is 33.9 Å². The van der Waals surface area contributed by atoms with Gasteiger partial charge in [0, 0.05) is 36.0 Å². The molecule has 11 heteroatoms. The SMILES string of the molecule is CN1CC2CC1CN2C(=O)[C@H]1CCc2c(sc3ncnc(Nc4cc5snnc5cc4Cl)c23)C1. The van der Waals surface area contributed by atoms with Crippen LogP contribution >= 0.6 is 34.5 Å². The van der Waals surface area contributed by atoms with Gasteiger partial charge in [-0.05, 0) is 62.0 Å². The van der Waals surface area contributed by atoms with Crippen LogP contribution in [-0.2, 0) is 17.6 Å². The second-order valence-corrected chi connectivity index (χ2v) is 11.8. The summed E-state index contributed by atoms with van der Waals surface area (Å²) in [6, 6.07) is 4.71. The van der Waals surface area contributed by atoms with Crippen molar-refractivity contribution in [2.24, 2.45) is 5.92 Å². The van der Waals surface area contributed by atoms with Gasteiger partial charge in [0.15, 0.2) is 0 Å². The van der Waals surface area contributed by atoms with E-state index in [0.717, 1.165) is 70.7 Å². The van der Waals surface area contributed by atoms with Crippen molar-refractivity contribution in [3.63, 3.8) is 0 Å². The van der Waals surface area contributed by atoms with Crippen LogP contribution in [0.2, 0.25) is 5.02 Å². The molecule has 2 saturated heterocycles. The molecule has 0 spiro atoms. The van der Waals surface area contributed by atoms with E-state index in [1.165, 1.54) is 22.0 Å². The maximum absolute atomic E-state index is 13.4. The van der Waals surface area contributed by atoms with Crippen molar-refractivity contribution in [1.82, 2.24) is 29.4 Å². The number of halogens is 1. The predicted molar refractivity (Wildman–Crippen MR) is 135 cm³/mol.